The van der Waals surface area contributed by atoms with Crippen LogP contribution in [-0.4, -0.2) is 41.3 Å². The smallest absolute Gasteiger partial charge is 0.306 e. The predicted octanol–water partition coefficient (Wildman–Crippen LogP) is 1.87. The van der Waals surface area contributed by atoms with E-state index in [1.807, 2.05) is 0 Å². The zero-order valence-electron chi connectivity index (χ0n) is 18.1. The van der Waals surface area contributed by atoms with Crippen molar-refractivity contribution in [2.75, 3.05) is 11.9 Å². The van der Waals surface area contributed by atoms with Crippen LogP contribution in [0.25, 0.3) is 0 Å². The van der Waals surface area contributed by atoms with Crippen LogP contribution in [0.5, 0.6) is 0 Å². The van der Waals surface area contributed by atoms with Gasteiger partial charge in [0, 0.05) is 25.0 Å². The van der Waals surface area contributed by atoms with E-state index < -0.39 is 40.6 Å². The van der Waals surface area contributed by atoms with Crippen LogP contribution in [0, 0.1) is 10.1 Å². The highest BCUT2D eigenvalue weighted by Gasteiger charge is 2.33. The van der Waals surface area contributed by atoms with E-state index in [0.717, 1.165) is 0 Å². The number of ether oxygens (including phenoxy) is 1. The zero-order chi connectivity index (χ0) is 24.5. The molecule has 0 bridgehead atoms. The van der Waals surface area contributed by atoms with Crippen LogP contribution in [-0.2, 0) is 19.1 Å². The van der Waals surface area contributed by atoms with Crippen molar-refractivity contribution in [3.05, 3.63) is 69.8 Å². The van der Waals surface area contributed by atoms with E-state index in [4.69, 9.17) is 10.5 Å². The number of anilines is 1. The van der Waals surface area contributed by atoms with Crippen LogP contribution in [0.1, 0.15) is 42.1 Å². The van der Waals surface area contributed by atoms with Gasteiger partial charge in [0.25, 0.3) is 11.6 Å². The maximum absolute atomic E-state index is 13.0. The molecule has 0 aliphatic rings. The number of carbonyl (C=O) groups is 4. The van der Waals surface area contributed by atoms with E-state index in [2.05, 4.69) is 10.6 Å². The Hall–Kier alpha value is -4.28. The Morgan fingerprint density at radius 3 is 2.27 bits per heavy atom. The predicted molar refractivity (Wildman–Crippen MR) is 118 cm³/mol. The Kier molecular flexibility index (Phi) is 8.61. The number of para-hydroxylation sites is 1. The van der Waals surface area contributed by atoms with Crippen LogP contribution in [0.3, 0.4) is 0 Å². The van der Waals surface area contributed by atoms with Gasteiger partial charge in [-0.2, -0.15) is 0 Å². The van der Waals surface area contributed by atoms with Crippen molar-refractivity contribution in [1.29, 1.82) is 0 Å². The fourth-order valence-corrected chi connectivity index (χ4v) is 3.24. The molecule has 0 saturated heterocycles. The van der Waals surface area contributed by atoms with E-state index in [9.17, 15) is 29.3 Å². The molecule has 0 spiro atoms. The number of hydrogen-bond acceptors (Lipinski definition) is 7. The van der Waals surface area contributed by atoms with E-state index >= 15 is 0 Å². The van der Waals surface area contributed by atoms with Crippen molar-refractivity contribution in [3.8, 4) is 0 Å². The number of benzene rings is 2. The normalized spacial score (nSPS) is 12.2. The minimum Gasteiger partial charge on any atom is -0.466 e. The third-order valence-electron chi connectivity index (χ3n) is 4.70. The van der Waals surface area contributed by atoms with Gasteiger partial charge in [-0.1, -0.05) is 24.3 Å². The number of carbonyl (C=O) groups excluding carboxylic acids is 4. The van der Waals surface area contributed by atoms with Gasteiger partial charge >= 0.3 is 5.97 Å². The van der Waals surface area contributed by atoms with Gasteiger partial charge in [0.1, 0.15) is 6.04 Å². The molecule has 11 heteroatoms. The summed E-state index contributed by atoms with van der Waals surface area (Å²) >= 11 is 0. The Bertz CT molecular complexity index is 1050. The fraction of sp³-hybridized carbons (Fsp3) is 0.273. The largest absolute Gasteiger partial charge is 0.466 e. The fourth-order valence-electron chi connectivity index (χ4n) is 3.24. The van der Waals surface area contributed by atoms with Gasteiger partial charge in [0.15, 0.2) is 0 Å². The van der Waals surface area contributed by atoms with Crippen molar-refractivity contribution in [1.82, 2.24) is 5.32 Å². The summed E-state index contributed by atoms with van der Waals surface area (Å²) in [5.41, 5.74) is 6.06. The average molecular weight is 456 g/mol. The lowest BCUT2D eigenvalue weighted by molar-refractivity contribution is -0.384. The number of nitrogens with two attached hydrogens (primary N) is 1. The van der Waals surface area contributed by atoms with Crippen molar-refractivity contribution in [2.24, 2.45) is 5.73 Å². The van der Waals surface area contributed by atoms with Gasteiger partial charge in [0.05, 0.1) is 29.2 Å². The highest BCUT2D eigenvalue weighted by atomic mass is 16.6. The van der Waals surface area contributed by atoms with E-state index in [-0.39, 0.29) is 30.0 Å². The summed E-state index contributed by atoms with van der Waals surface area (Å²) in [5, 5.41) is 16.0. The van der Waals surface area contributed by atoms with Gasteiger partial charge in [-0.25, -0.2) is 0 Å². The standard InChI is InChI=1S/C22H24N4O7/c1-3-33-19(28)12-17(14-8-10-15(11-9-14)26(31)32)20(21(23)29)25-22(30)16-6-4-5-7-18(16)24-13(2)27/h4-11,17,20H,3,12H2,1-2H3,(H2,23,29)(H,24,27)(H,25,30)/t17-,20-/m0/s1. The molecular formula is C22H24N4O7. The van der Waals surface area contributed by atoms with Gasteiger partial charge in [-0.3, -0.25) is 29.3 Å². The monoisotopic (exact) mass is 456 g/mol. The molecule has 33 heavy (non-hydrogen) atoms. The summed E-state index contributed by atoms with van der Waals surface area (Å²) in [7, 11) is 0. The molecule has 2 atom stereocenters. The number of non-ortho nitro benzene ring substituents is 1. The zero-order valence-corrected chi connectivity index (χ0v) is 18.1. The van der Waals surface area contributed by atoms with E-state index in [0.29, 0.717) is 5.56 Å². The topological polar surface area (TPSA) is 171 Å². The van der Waals surface area contributed by atoms with E-state index in [1.54, 1.807) is 19.1 Å². The minimum atomic E-state index is -1.35. The number of rotatable bonds is 10. The SMILES string of the molecule is CCOC(=O)C[C@@H](c1ccc([N+](=O)[O-])cc1)[C@H](NC(=O)c1ccccc1NC(C)=O)C(N)=O. The summed E-state index contributed by atoms with van der Waals surface area (Å²) in [4.78, 5) is 59.4. The van der Waals surface area contributed by atoms with Crippen molar-refractivity contribution < 1.29 is 28.8 Å². The summed E-state index contributed by atoms with van der Waals surface area (Å²) < 4.78 is 4.98. The molecule has 0 aromatic heterocycles. The maximum Gasteiger partial charge on any atom is 0.306 e. The maximum atomic E-state index is 13.0. The molecule has 0 aliphatic heterocycles. The molecular weight excluding hydrogens is 432 g/mol. The first kappa shape index (κ1) is 25.0. The Labute approximate surface area is 189 Å². The molecule has 0 aliphatic carbocycles. The third-order valence-corrected chi connectivity index (χ3v) is 4.70. The van der Waals surface area contributed by atoms with Crippen LogP contribution >= 0.6 is 0 Å². The number of nitro groups is 1. The number of esters is 1. The lowest BCUT2D eigenvalue weighted by atomic mass is 9.87. The third kappa shape index (κ3) is 6.86. The van der Waals surface area contributed by atoms with E-state index in [1.165, 1.54) is 43.3 Å². The summed E-state index contributed by atoms with van der Waals surface area (Å²) in [6, 6.07) is 10.0. The molecule has 0 saturated carbocycles. The molecule has 0 heterocycles. The van der Waals surface area contributed by atoms with Crippen molar-refractivity contribution in [3.63, 3.8) is 0 Å². The molecule has 0 fully saturated rings. The van der Waals surface area contributed by atoms with Gasteiger partial charge in [0.2, 0.25) is 11.8 Å². The van der Waals surface area contributed by atoms with Gasteiger partial charge < -0.3 is 21.1 Å². The lowest BCUT2D eigenvalue weighted by Crippen LogP contribution is -2.49. The molecule has 11 nitrogen and oxygen atoms in total. The number of nitro benzene ring substituents is 1. The summed E-state index contributed by atoms with van der Waals surface area (Å²) in [6.07, 6.45) is -0.313. The van der Waals surface area contributed by atoms with Crippen molar-refractivity contribution in [2.45, 2.75) is 32.2 Å². The van der Waals surface area contributed by atoms with Gasteiger partial charge in [-0.05, 0) is 24.6 Å². The Morgan fingerprint density at radius 2 is 1.73 bits per heavy atom. The molecule has 2 aromatic rings. The highest BCUT2D eigenvalue weighted by molar-refractivity contribution is 6.04. The number of nitrogens with zero attached hydrogens (tertiary/aromatic N) is 1. The highest BCUT2D eigenvalue weighted by Crippen LogP contribution is 2.27. The lowest BCUT2D eigenvalue weighted by Gasteiger charge is -2.26. The van der Waals surface area contributed by atoms with Crippen LogP contribution in [0.2, 0.25) is 0 Å². The second kappa shape index (κ2) is 11.4. The first-order chi connectivity index (χ1) is 15.6. The van der Waals surface area contributed by atoms with Crippen LogP contribution in [0.4, 0.5) is 11.4 Å². The Balaban J connectivity index is 2.42. The Morgan fingerprint density at radius 1 is 1.09 bits per heavy atom. The quantitative estimate of drug-likeness (QED) is 0.278. The number of amides is 3. The molecule has 174 valence electrons. The molecule has 3 amide bonds. The van der Waals surface area contributed by atoms with Crippen molar-refractivity contribution >= 4 is 35.1 Å². The molecule has 2 aromatic carbocycles. The first-order valence-corrected chi connectivity index (χ1v) is 10.0. The minimum absolute atomic E-state index is 0.0811. The molecule has 4 N–H and O–H groups in total. The first-order valence-electron chi connectivity index (χ1n) is 10.0. The summed E-state index contributed by atoms with van der Waals surface area (Å²) in [6.45, 7) is 3.00. The molecule has 0 radical (unpaired) electrons. The summed E-state index contributed by atoms with van der Waals surface area (Å²) in [5.74, 6) is -3.63. The number of hydrogen-bond donors (Lipinski definition) is 3. The van der Waals surface area contributed by atoms with Crippen LogP contribution < -0.4 is 16.4 Å². The number of primary amides is 1. The number of nitrogens with one attached hydrogen (secondary N) is 2. The molecule has 0 unspecified atom stereocenters. The van der Waals surface area contributed by atoms with Gasteiger partial charge in [-0.15, -0.1) is 0 Å². The second-order valence-corrected chi connectivity index (χ2v) is 7.04. The second-order valence-electron chi connectivity index (χ2n) is 7.04. The average Bonchev–Trinajstić information content (AvgIpc) is 2.76. The molecule has 2 rings (SSSR count). The van der Waals surface area contributed by atoms with Crippen LogP contribution in [0.15, 0.2) is 48.5 Å².